The van der Waals surface area contributed by atoms with Gasteiger partial charge < -0.3 is 0 Å². The zero-order chi connectivity index (χ0) is 12.8. The Balaban J connectivity index is 3.05. The standard InChI is InChI=1S/C16H27B/c1-6-14-8-9-16(13(4)12(14)3)15(7-2)10-11-17-5/h10,17H,6-9,11H2,1-5H3/b15-10+. The van der Waals surface area contributed by atoms with Gasteiger partial charge in [-0.1, -0.05) is 38.6 Å². The highest BCUT2D eigenvalue weighted by Gasteiger charge is 2.16. The molecule has 0 saturated heterocycles. The van der Waals surface area contributed by atoms with E-state index in [4.69, 9.17) is 0 Å². The van der Waals surface area contributed by atoms with Crippen LogP contribution in [0.5, 0.6) is 0 Å². The monoisotopic (exact) mass is 230 g/mol. The molecular formula is C16H27B. The molecule has 0 unspecified atom stereocenters. The third-order valence-corrected chi connectivity index (χ3v) is 4.10. The van der Waals surface area contributed by atoms with Crippen LogP contribution in [-0.4, -0.2) is 7.28 Å². The lowest BCUT2D eigenvalue weighted by Gasteiger charge is -2.24. The zero-order valence-electron chi connectivity index (χ0n) is 12.3. The summed E-state index contributed by atoms with van der Waals surface area (Å²) in [6.45, 7) is 11.4. The van der Waals surface area contributed by atoms with Gasteiger partial charge >= 0.3 is 0 Å². The molecule has 0 aromatic rings. The van der Waals surface area contributed by atoms with Gasteiger partial charge in [0, 0.05) is 0 Å². The second-order valence-corrected chi connectivity index (χ2v) is 5.06. The maximum absolute atomic E-state index is 2.46. The number of hydrogen-bond acceptors (Lipinski definition) is 0. The predicted octanol–water partition coefficient (Wildman–Crippen LogP) is 5.06. The molecule has 0 fully saturated rings. The fraction of sp³-hybridized carbons (Fsp3) is 0.625. The van der Waals surface area contributed by atoms with E-state index in [1.165, 1.54) is 39.3 Å². The molecule has 0 aliphatic heterocycles. The molecule has 0 N–H and O–H groups in total. The molecular weight excluding hydrogens is 203 g/mol. The van der Waals surface area contributed by atoms with Gasteiger partial charge in [-0.05, 0) is 61.8 Å². The fourth-order valence-corrected chi connectivity index (χ4v) is 2.79. The van der Waals surface area contributed by atoms with Crippen molar-refractivity contribution < 1.29 is 0 Å². The summed E-state index contributed by atoms with van der Waals surface area (Å²) in [6, 6.07) is 0. The van der Waals surface area contributed by atoms with Crippen LogP contribution in [0.2, 0.25) is 13.1 Å². The Morgan fingerprint density at radius 3 is 2.41 bits per heavy atom. The molecule has 0 nitrogen and oxygen atoms in total. The Kier molecular flexibility index (Phi) is 5.81. The third-order valence-electron chi connectivity index (χ3n) is 4.10. The average molecular weight is 230 g/mol. The Morgan fingerprint density at radius 1 is 1.18 bits per heavy atom. The van der Waals surface area contributed by atoms with Gasteiger partial charge in [-0.3, -0.25) is 0 Å². The molecule has 0 atom stereocenters. The van der Waals surface area contributed by atoms with E-state index in [1.807, 2.05) is 0 Å². The van der Waals surface area contributed by atoms with Crippen molar-refractivity contribution in [3.05, 3.63) is 33.9 Å². The fourth-order valence-electron chi connectivity index (χ4n) is 2.79. The first-order valence-electron chi connectivity index (χ1n) is 7.23. The summed E-state index contributed by atoms with van der Waals surface area (Å²) in [4.78, 5) is 0. The van der Waals surface area contributed by atoms with Crippen LogP contribution in [0.1, 0.15) is 53.4 Å². The zero-order valence-corrected chi connectivity index (χ0v) is 12.3. The van der Waals surface area contributed by atoms with Crippen LogP contribution in [0.3, 0.4) is 0 Å². The molecule has 0 bridgehead atoms. The van der Waals surface area contributed by atoms with Crippen LogP contribution >= 0.6 is 0 Å². The highest BCUT2D eigenvalue weighted by molar-refractivity contribution is 6.34. The van der Waals surface area contributed by atoms with Gasteiger partial charge in [0.2, 0.25) is 0 Å². The molecule has 1 aliphatic carbocycles. The van der Waals surface area contributed by atoms with Gasteiger partial charge in [-0.15, -0.1) is 0 Å². The highest BCUT2D eigenvalue weighted by Crippen LogP contribution is 2.35. The normalized spacial score (nSPS) is 17.8. The van der Waals surface area contributed by atoms with Crippen molar-refractivity contribution in [1.82, 2.24) is 0 Å². The minimum Gasteiger partial charge on any atom is -0.0891 e. The minimum absolute atomic E-state index is 1.18. The van der Waals surface area contributed by atoms with E-state index in [9.17, 15) is 0 Å². The van der Waals surface area contributed by atoms with Gasteiger partial charge in [-0.25, -0.2) is 0 Å². The first kappa shape index (κ1) is 14.3. The Bertz CT molecular complexity index is 356. The Hall–Kier alpha value is -0.715. The number of rotatable bonds is 5. The quantitative estimate of drug-likeness (QED) is 0.579. The van der Waals surface area contributed by atoms with E-state index in [1.54, 1.807) is 27.9 Å². The van der Waals surface area contributed by atoms with Crippen LogP contribution < -0.4 is 0 Å². The van der Waals surface area contributed by atoms with Crippen LogP contribution in [-0.2, 0) is 0 Å². The van der Waals surface area contributed by atoms with E-state index in [2.05, 4.69) is 40.6 Å². The predicted molar refractivity (Wildman–Crippen MR) is 81.1 cm³/mol. The van der Waals surface area contributed by atoms with Gasteiger partial charge in [0.25, 0.3) is 0 Å². The Labute approximate surface area is 108 Å². The Morgan fingerprint density at radius 2 is 1.88 bits per heavy atom. The first-order chi connectivity index (χ1) is 8.15. The van der Waals surface area contributed by atoms with E-state index in [-0.39, 0.29) is 0 Å². The lowest BCUT2D eigenvalue weighted by molar-refractivity contribution is 0.816. The largest absolute Gasteiger partial charge is 0.121 e. The van der Waals surface area contributed by atoms with Gasteiger partial charge in [0.05, 0.1) is 0 Å². The second-order valence-electron chi connectivity index (χ2n) is 5.06. The summed E-state index contributed by atoms with van der Waals surface area (Å²) in [5.41, 5.74) is 8.01. The third kappa shape index (κ3) is 3.37. The van der Waals surface area contributed by atoms with Gasteiger partial charge in [0.1, 0.15) is 7.28 Å². The molecule has 1 rings (SSSR count). The van der Waals surface area contributed by atoms with E-state index < -0.39 is 0 Å². The van der Waals surface area contributed by atoms with Crippen LogP contribution in [0.25, 0.3) is 0 Å². The molecule has 1 heteroatoms. The summed E-state index contributed by atoms with van der Waals surface area (Å²) in [7, 11) is 1.25. The lowest BCUT2D eigenvalue weighted by atomic mass is 9.75. The van der Waals surface area contributed by atoms with Gasteiger partial charge in [0.15, 0.2) is 0 Å². The van der Waals surface area contributed by atoms with Crippen molar-refractivity contribution in [3.8, 4) is 0 Å². The van der Waals surface area contributed by atoms with Crippen molar-refractivity contribution in [2.24, 2.45) is 0 Å². The number of hydrogen-bond donors (Lipinski definition) is 0. The van der Waals surface area contributed by atoms with Crippen LogP contribution in [0.4, 0.5) is 0 Å². The van der Waals surface area contributed by atoms with Crippen LogP contribution in [0.15, 0.2) is 33.9 Å². The van der Waals surface area contributed by atoms with Crippen molar-refractivity contribution in [2.75, 3.05) is 0 Å². The molecule has 0 aromatic heterocycles. The molecule has 0 saturated carbocycles. The second kappa shape index (κ2) is 6.88. The smallest absolute Gasteiger partial charge is 0.0891 e. The van der Waals surface area contributed by atoms with Crippen LogP contribution in [0, 0.1) is 0 Å². The van der Waals surface area contributed by atoms with E-state index in [0.29, 0.717) is 0 Å². The molecule has 0 amide bonds. The van der Waals surface area contributed by atoms with Crippen molar-refractivity contribution in [2.45, 2.75) is 66.5 Å². The number of allylic oxidation sites excluding steroid dienone is 6. The highest BCUT2D eigenvalue weighted by atomic mass is 14.2. The van der Waals surface area contributed by atoms with E-state index >= 15 is 0 Å². The topological polar surface area (TPSA) is 0 Å². The summed E-state index contributed by atoms with van der Waals surface area (Å²) in [5, 5.41) is 0. The first-order valence-corrected chi connectivity index (χ1v) is 7.23. The van der Waals surface area contributed by atoms with Gasteiger partial charge in [-0.2, -0.15) is 0 Å². The maximum Gasteiger partial charge on any atom is 0.121 e. The molecule has 0 radical (unpaired) electrons. The molecule has 1 aliphatic rings. The van der Waals surface area contributed by atoms with Crippen molar-refractivity contribution >= 4 is 7.28 Å². The SMILES string of the molecule is CBC/C=C(\CC)C1=C(C)C(C)=C(CC)CC1. The summed E-state index contributed by atoms with van der Waals surface area (Å²) < 4.78 is 0. The molecule has 0 aromatic carbocycles. The summed E-state index contributed by atoms with van der Waals surface area (Å²) in [5.74, 6) is 0. The van der Waals surface area contributed by atoms with Crippen molar-refractivity contribution in [3.63, 3.8) is 0 Å². The summed E-state index contributed by atoms with van der Waals surface area (Å²) >= 11 is 0. The maximum atomic E-state index is 2.46. The molecule has 94 valence electrons. The molecule has 0 heterocycles. The molecule has 0 spiro atoms. The lowest BCUT2D eigenvalue weighted by Crippen LogP contribution is -2.04. The van der Waals surface area contributed by atoms with Crippen molar-refractivity contribution in [1.29, 1.82) is 0 Å². The van der Waals surface area contributed by atoms with E-state index in [0.717, 1.165) is 0 Å². The molecule has 17 heavy (non-hydrogen) atoms. The summed E-state index contributed by atoms with van der Waals surface area (Å²) in [6.07, 6.45) is 8.62. The average Bonchev–Trinajstić information content (AvgIpc) is 2.35. The minimum atomic E-state index is 1.18.